The Morgan fingerprint density at radius 3 is 2.32 bits per heavy atom. The molecule has 9 heteroatoms. The van der Waals surface area contributed by atoms with Gasteiger partial charge in [0.2, 0.25) is 0 Å². The lowest BCUT2D eigenvalue weighted by Gasteiger charge is -2.05. The quantitative estimate of drug-likeness (QED) is 0.624. The molecule has 0 saturated heterocycles. The van der Waals surface area contributed by atoms with Crippen LogP contribution in [-0.4, -0.2) is 31.0 Å². The molecule has 0 saturated carbocycles. The maximum atomic E-state index is 10.9. The average Bonchev–Trinajstić information content (AvgIpc) is 2.68. The van der Waals surface area contributed by atoms with Crippen molar-refractivity contribution >= 4 is 27.6 Å². The van der Waals surface area contributed by atoms with Crippen LogP contribution in [0.25, 0.3) is 11.1 Å². The number of aromatic nitrogens is 1. The summed E-state index contributed by atoms with van der Waals surface area (Å²) in [6.45, 7) is 0. The summed E-state index contributed by atoms with van der Waals surface area (Å²) in [7, 11) is -2.75. The first kappa shape index (κ1) is 21.4. The second-order valence-corrected chi connectivity index (χ2v) is 7.25. The number of pyridine rings is 1. The summed E-state index contributed by atoms with van der Waals surface area (Å²) in [4.78, 5) is 14.3. The Morgan fingerprint density at radius 2 is 1.82 bits per heavy atom. The first-order chi connectivity index (χ1) is 13.2. The van der Waals surface area contributed by atoms with Crippen molar-refractivity contribution in [3.8, 4) is 16.9 Å². The minimum atomic E-state index is -4.21. The van der Waals surface area contributed by atoms with Crippen LogP contribution in [0.2, 0.25) is 5.02 Å². The van der Waals surface area contributed by atoms with Gasteiger partial charge in [-0.1, -0.05) is 48.0 Å². The number of amides is 1. The Morgan fingerprint density at radius 1 is 1.14 bits per heavy atom. The number of ether oxygens (including phenoxy) is 1. The predicted molar refractivity (Wildman–Crippen MR) is 106 cm³/mol. The molecule has 3 aromatic rings. The van der Waals surface area contributed by atoms with Crippen molar-refractivity contribution in [1.82, 2.24) is 4.98 Å². The molecule has 0 spiro atoms. The number of hydrogen-bond acceptors (Lipinski definition) is 5. The Balaban J connectivity index is 0.000000221. The van der Waals surface area contributed by atoms with Crippen LogP contribution in [0.1, 0.15) is 10.4 Å². The van der Waals surface area contributed by atoms with Gasteiger partial charge in [-0.25, -0.2) is 0 Å². The van der Waals surface area contributed by atoms with Crippen molar-refractivity contribution < 1.29 is 22.5 Å². The highest BCUT2D eigenvalue weighted by atomic mass is 35.5. The zero-order valence-corrected chi connectivity index (χ0v) is 16.3. The summed E-state index contributed by atoms with van der Waals surface area (Å²) in [5.74, 6) is -0.107. The van der Waals surface area contributed by atoms with Gasteiger partial charge in [0.15, 0.2) is 0 Å². The topological polar surface area (TPSA) is 120 Å². The van der Waals surface area contributed by atoms with Gasteiger partial charge in [-0.3, -0.25) is 14.3 Å². The fourth-order valence-electron chi connectivity index (χ4n) is 2.25. The van der Waals surface area contributed by atoms with Crippen LogP contribution in [0, 0.1) is 0 Å². The summed E-state index contributed by atoms with van der Waals surface area (Å²) in [5.41, 5.74) is 7.00. The number of halogens is 1. The summed E-state index contributed by atoms with van der Waals surface area (Å²) in [6, 6.07) is 15.0. The standard InChI is InChI=1S/C12H9ClO3S.C7H8N2O2/c13-12-8-10(17(14,15)16)6-7-11(12)9-4-2-1-3-5-9;1-11-6-4-9-3-2-5(6)7(8)10/h1-8H,(H,14,15,16);2-4H,1H3,(H2,8,10). The van der Waals surface area contributed by atoms with E-state index >= 15 is 0 Å². The number of methoxy groups -OCH3 is 1. The monoisotopic (exact) mass is 420 g/mol. The van der Waals surface area contributed by atoms with Gasteiger partial charge in [-0.15, -0.1) is 0 Å². The first-order valence-corrected chi connectivity index (χ1v) is 9.66. The highest BCUT2D eigenvalue weighted by Crippen LogP contribution is 2.29. The second-order valence-electron chi connectivity index (χ2n) is 5.42. The molecule has 0 atom stereocenters. The molecule has 0 bridgehead atoms. The van der Waals surface area contributed by atoms with Gasteiger partial charge < -0.3 is 10.5 Å². The molecule has 1 aromatic heterocycles. The molecule has 0 radical (unpaired) electrons. The van der Waals surface area contributed by atoms with Crippen LogP contribution < -0.4 is 10.5 Å². The lowest BCUT2D eigenvalue weighted by atomic mass is 10.1. The Bertz CT molecular complexity index is 1070. The molecule has 0 aliphatic rings. The SMILES string of the molecule is COc1cnccc1C(N)=O.O=S(=O)(O)c1ccc(-c2ccccc2)c(Cl)c1. The van der Waals surface area contributed by atoms with Crippen LogP contribution in [0.3, 0.4) is 0 Å². The summed E-state index contributed by atoms with van der Waals surface area (Å²) < 4.78 is 35.6. The van der Waals surface area contributed by atoms with E-state index in [0.717, 1.165) is 11.1 Å². The van der Waals surface area contributed by atoms with E-state index in [4.69, 9.17) is 26.6 Å². The number of rotatable bonds is 4. The number of hydrogen-bond donors (Lipinski definition) is 2. The van der Waals surface area contributed by atoms with Crippen LogP contribution in [0.5, 0.6) is 5.75 Å². The number of carbonyl (C=O) groups is 1. The Hall–Kier alpha value is -2.94. The largest absolute Gasteiger partial charge is 0.494 e. The molecule has 2 aromatic carbocycles. The van der Waals surface area contributed by atoms with E-state index in [1.165, 1.54) is 37.7 Å². The third kappa shape index (κ3) is 5.53. The van der Waals surface area contributed by atoms with Gasteiger partial charge in [-0.2, -0.15) is 8.42 Å². The second kappa shape index (κ2) is 9.32. The van der Waals surface area contributed by atoms with Gasteiger partial charge in [0.1, 0.15) is 5.75 Å². The maximum Gasteiger partial charge on any atom is 0.294 e. The molecule has 3 N–H and O–H groups in total. The fraction of sp³-hybridized carbons (Fsp3) is 0.0526. The summed E-state index contributed by atoms with van der Waals surface area (Å²) >= 11 is 5.99. The third-order valence-electron chi connectivity index (χ3n) is 3.59. The number of nitrogens with zero attached hydrogens (tertiary/aromatic N) is 1. The van der Waals surface area contributed by atoms with Crippen molar-refractivity contribution in [3.05, 3.63) is 77.6 Å². The van der Waals surface area contributed by atoms with E-state index in [0.29, 0.717) is 11.3 Å². The fourth-order valence-corrected chi connectivity index (χ4v) is 3.12. The first-order valence-electron chi connectivity index (χ1n) is 7.84. The molecule has 1 amide bonds. The van der Waals surface area contributed by atoms with Crippen molar-refractivity contribution in [1.29, 1.82) is 0 Å². The third-order valence-corrected chi connectivity index (χ3v) is 4.76. The molecular formula is C19H17ClN2O5S. The van der Waals surface area contributed by atoms with Crippen molar-refractivity contribution in [3.63, 3.8) is 0 Å². The molecule has 3 rings (SSSR count). The van der Waals surface area contributed by atoms with E-state index in [1.807, 2.05) is 30.3 Å². The molecule has 7 nitrogen and oxygen atoms in total. The van der Waals surface area contributed by atoms with Crippen LogP contribution in [0.4, 0.5) is 0 Å². The molecule has 1 heterocycles. The lowest BCUT2D eigenvalue weighted by Crippen LogP contribution is -2.12. The van der Waals surface area contributed by atoms with Gasteiger partial charge >= 0.3 is 0 Å². The van der Waals surface area contributed by atoms with Crippen molar-refractivity contribution in [2.75, 3.05) is 7.11 Å². The molecule has 0 fully saturated rings. The highest BCUT2D eigenvalue weighted by Gasteiger charge is 2.12. The van der Waals surface area contributed by atoms with E-state index in [-0.39, 0.29) is 9.92 Å². The minimum absolute atomic E-state index is 0.206. The van der Waals surface area contributed by atoms with Gasteiger partial charge in [-0.05, 0) is 23.8 Å². The maximum absolute atomic E-state index is 10.9. The van der Waals surface area contributed by atoms with Gasteiger partial charge in [0.25, 0.3) is 16.0 Å². The molecule has 28 heavy (non-hydrogen) atoms. The molecule has 0 aliphatic carbocycles. The zero-order chi connectivity index (χ0) is 20.7. The van der Waals surface area contributed by atoms with E-state index in [9.17, 15) is 13.2 Å². The number of benzene rings is 2. The smallest absolute Gasteiger partial charge is 0.294 e. The van der Waals surface area contributed by atoms with E-state index in [1.54, 1.807) is 6.07 Å². The van der Waals surface area contributed by atoms with Gasteiger partial charge in [0.05, 0.1) is 23.8 Å². The van der Waals surface area contributed by atoms with Crippen molar-refractivity contribution in [2.45, 2.75) is 4.90 Å². The van der Waals surface area contributed by atoms with E-state index in [2.05, 4.69) is 4.98 Å². The Labute approximate surface area is 167 Å². The van der Waals surface area contributed by atoms with Crippen LogP contribution >= 0.6 is 11.6 Å². The van der Waals surface area contributed by atoms with Crippen LogP contribution in [0.15, 0.2) is 71.9 Å². The van der Waals surface area contributed by atoms with Gasteiger partial charge in [0, 0.05) is 16.8 Å². The number of carbonyl (C=O) groups excluding carboxylic acids is 1. The summed E-state index contributed by atoms with van der Waals surface area (Å²) in [5, 5.41) is 0.284. The number of nitrogens with two attached hydrogens (primary N) is 1. The molecule has 0 aliphatic heterocycles. The lowest BCUT2D eigenvalue weighted by molar-refractivity contribution is 0.0997. The molecule has 0 unspecified atom stereocenters. The predicted octanol–water partition coefficient (Wildman–Crippen LogP) is 3.44. The Kier molecular flexibility index (Phi) is 7.11. The highest BCUT2D eigenvalue weighted by molar-refractivity contribution is 7.85. The average molecular weight is 421 g/mol. The van der Waals surface area contributed by atoms with E-state index < -0.39 is 16.0 Å². The van der Waals surface area contributed by atoms with Crippen LogP contribution in [-0.2, 0) is 10.1 Å². The normalized spacial score (nSPS) is 10.5. The number of primary amides is 1. The summed E-state index contributed by atoms with van der Waals surface area (Å²) in [6.07, 6.45) is 2.93. The zero-order valence-electron chi connectivity index (χ0n) is 14.7. The molecular weight excluding hydrogens is 404 g/mol. The minimum Gasteiger partial charge on any atom is -0.494 e. The molecule has 146 valence electrons. The van der Waals surface area contributed by atoms with Crippen molar-refractivity contribution in [2.24, 2.45) is 5.73 Å².